The van der Waals surface area contributed by atoms with E-state index in [2.05, 4.69) is 4.98 Å². The Kier molecular flexibility index (Phi) is 4.40. The number of hydrogen-bond donors (Lipinski definition) is 0. The Labute approximate surface area is 154 Å². The molecule has 4 aromatic rings. The van der Waals surface area contributed by atoms with Crippen molar-refractivity contribution in [3.63, 3.8) is 0 Å². The van der Waals surface area contributed by atoms with Crippen molar-refractivity contribution in [3.05, 3.63) is 59.6 Å². The second-order valence-electron chi connectivity index (χ2n) is 5.92. The number of pyridine rings is 1. The average molecular weight is 366 g/mol. The molecule has 4 heterocycles. The molecule has 0 unspecified atom stereocenters. The van der Waals surface area contributed by atoms with Crippen molar-refractivity contribution in [2.24, 2.45) is 0 Å². The van der Waals surface area contributed by atoms with Crippen LogP contribution in [0.15, 0.2) is 48.2 Å². The molecule has 132 valence electrons. The van der Waals surface area contributed by atoms with Crippen LogP contribution in [0.5, 0.6) is 0 Å². The Bertz CT molecular complexity index is 1060. The van der Waals surface area contributed by atoms with E-state index in [-0.39, 0.29) is 5.78 Å². The zero-order chi connectivity index (χ0) is 18.1. The fourth-order valence-electron chi connectivity index (χ4n) is 3.03. The lowest BCUT2D eigenvalue weighted by molar-refractivity contribution is 0.0934. The van der Waals surface area contributed by atoms with Gasteiger partial charge in [0.05, 0.1) is 17.8 Å². The summed E-state index contributed by atoms with van der Waals surface area (Å²) in [5, 5.41) is 2.81. The van der Waals surface area contributed by atoms with Crippen molar-refractivity contribution in [3.8, 4) is 16.5 Å². The molecule has 0 atom stereocenters. The Morgan fingerprint density at radius 1 is 1.35 bits per heavy atom. The quantitative estimate of drug-likeness (QED) is 0.487. The number of aryl methyl sites for hydroxylation is 1. The number of methoxy groups -OCH3 is 1. The number of carbonyl (C=O) groups is 1. The fourth-order valence-corrected chi connectivity index (χ4v) is 3.69. The Morgan fingerprint density at radius 3 is 3.00 bits per heavy atom. The summed E-state index contributed by atoms with van der Waals surface area (Å²) in [6.07, 6.45) is 6.05. The smallest absolute Gasteiger partial charge is 0.194 e. The predicted octanol–water partition coefficient (Wildman–Crippen LogP) is 3.78. The molecule has 0 N–H and O–H groups in total. The van der Waals surface area contributed by atoms with E-state index in [1.165, 1.54) is 0 Å². The zero-order valence-electron chi connectivity index (χ0n) is 14.5. The summed E-state index contributed by atoms with van der Waals surface area (Å²) in [5.74, 6) is 0.922. The first-order valence-corrected chi connectivity index (χ1v) is 9.15. The minimum Gasteiger partial charge on any atom is -0.384 e. The lowest BCUT2D eigenvalue weighted by atomic mass is 10.1. The molecular weight excluding hydrogens is 348 g/mol. The summed E-state index contributed by atoms with van der Waals surface area (Å²) in [6, 6.07) is 7.76. The number of nitrogens with zero attached hydrogens (tertiary/aromatic N) is 4. The maximum absolute atomic E-state index is 12.6. The number of carbonyl (C=O) groups excluding carboxylic acids is 1. The van der Waals surface area contributed by atoms with Gasteiger partial charge in [-0.1, -0.05) is 6.07 Å². The van der Waals surface area contributed by atoms with E-state index in [0.717, 1.165) is 27.9 Å². The van der Waals surface area contributed by atoms with Crippen LogP contribution >= 0.6 is 11.3 Å². The van der Waals surface area contributed by atoms with Gasteiger partial charge in [-0.25, -0.2) is 9.97 Å². The van der Waals surface area contributed by atoms with Gasteiger partial charge < -0.3 is 9.14 Å². The normalized spacial score (nSPS) is 11.3. The van der Waals surface area contributed by atoms with Crippen LogP contribution in [0.2, 0.25) is 0 Å². The van der Waals surface area contributed by atoms with E-state index in [4.69, 9.17) is 9.72 Å². The minimum absolute atomic E-state index is 0.0675. The molecule has 0 aliphatic heterocycles. The lowest BCUT2D eigenvalue weighted by Gasteiger charge is -2.00. The topological polar surface area (TPSA) is 61.4 Å². The SMILES string of the molecule is COCCC(=O)c1cc(-c2cn(-c3nccs3)c(C)n2)n2ccccc12. The molecule has 0 aliphatic carbocycles. The van der Waals surface area contributed by atoms with Gasteiger partial charge in [0.1, 0.15) is 11.5 Å². The maximum Gasteiger partial charge on any atom is 0.194 e. The van der Waals surface area contributed by atoms with Gasteiger partial charge in [0, 0.05) is 43.1 Å². The van der Waals surface area contributed by atoms with Gasteiger partial charge in [-0.3, -0.25) is 9.36 Å². The first-order valence-electron chi connectivity index (χ1n) is 8.27. The summed E-state index contributed by atoms with van der Waals surface area (Å²) in [7, 11) is 1.60. The predicted molar refractivity (Wildman–Crippen MR) is 101 cm³/mol. The fraction of sp³-hybridized carbons (Fsp3) is 0.211. The number of ether oxygens (including phenoxy) is 1. The van der Waals surface area contributed by atoms with Crippen LogP contribution in [0.3, 0.4) is 0 Å². The van der Waals surface area contributed by atoms with Crippen molar-refractivity contribution < 1.29 is 9.53 Å². The zero-order valence-corrected chi connectivity index (χ0v) is 15.4. The highest BCUT2D eigenvalue weighted by Gasteiger charge is 2.18. The highest BCUT2D eigenvalue weighted by molar-refractivity contribution is 7.12. The van der Waals surface area contributed by atoms with E-state index >= 15 is 0 Å². The van der Waals surface area contributed by atoms with Crippen molar-refractivity contribution in [2.75, 3.05) is 13.7 Å². The van der Waals surface area contributed by atoms with Crippen LogP contribution in [0, 0.1) is 6.92 Å². The molecule has 7 heteroatoms. The maximum atomic E-state index is 12.6. The molecule has 0 fully saturated rings. The summed E-state index contributed by atoms with van der Waals surface area (Å²) >= 11 is 1.56. The minimum atomic E-state index is 0.0675. The standard InChI is InChI=1S/C19H18N4O2S/c1-13-21-15(12-23(13)19-20-7-10-26-19)17-11-14(18(24)6-9-25-2)16-5-3-4-8-22(16)17/h3-5,7-8,10-12H,6,9H2,1-2H3. The first kappa shape index (κ1) is 16.7. The molecule has 0 radical (unpaired) electrons. The molecule has 4 aromatic heterocycles. The summed E-state index contributed by atoms with van der Waals surface area (Å²) in [6.45, 7) is 2.36. The van der Waals surface area contributed by atoms with Crippen LogP contribution in [0.1, 0.15) is 22.6 Å². The van der Waals surface area contributed by atoms with Crippen molar-refractivity contribution in [2.45, 2.75) is 13.3 Å². The number of aromatic nitrogens is 4. The molecule has 4 rings (SSSR count). The summed E-state index contributed by atoms with van der Waals surface area (Å²) in [4.78, 5) is 21.6. The van der Waals surface area contributed by atoms with Crippen molar-refractivity contribution >= 4 is 22.6 Å². The van der Waals surface area contributed by atoms with Crippen LogP contribution in [0.4, 0.5) is 0 Å². The molecule has 0 aromatic carbocycles. The number of ketones is 1. The molecule has 0 saturated heterocycles. The van der Waals surface area contributed by atoms with Gasteiger partial charge in [0.25, 0.3) is 0 Å². The van der Waals surface area contributed by atoms with E-state index in [9.17, 15) is 4.79 Å². The van der Waals surface area contributed by atoms with E-state index < -0.39 is 0 Å². The third kappa shape index (κ3) is 2.85. The van der Waals surface area contributed by atoms with Crippen LogP contribution in [0.25, 0.3) is 22.0 Å². The number of rotatable bonds is 6. The van der Waals surface area contributed by atoms with Gasteiger partial charge in [0.15, 0.2) is 10.9 Å². The van der Waals surface area contributed by atoms with E-state index in [1.54, 1.807) is 24.6 Å². The average Bonchev–Trinajstić information content (AvgIpc) is 3.37. The number of hydrogen-bond acceptors (Lipinski definition) is 5. The highest BCUT2D eigenvalue weighted by atomic mass is 32.1. The molecule has 0 bridgehead atoms. The molecule has 0 amide bonds. The van der Waals surface area contributed by atoms with Gasteiger partial charge in [0.2, 0.25) is 0 Å². The van der Waals surface area contributed by atoms with Crippen molar-refractivity contribution in [1.82, 2.24) is 18.9 Å². The summed E-state index contributed by atoms with van der Waals surface area (Å²) < 4.78 is 9.02. The second kappa shape index (κ2) is 6.86. The Morgan fingerprint density at radius 2 is 2.23 bits per heavy atom. The monoisotopic (exact) mass is 366 g/mol. The number of thiazole rings is 1. The molecule has 26 heavy (non-hydrogen) atoms. The molecule has 6 nitrogen and oxygen atoms in total. The molecule has 0 spiro atoms. The highest BCUT2D eigenvalue weighted by Crippen LogP contribution is 2.28. The van der Waals surface area contributed by atoms with E-state index in [0.29, 0.717) is 18.6 Å². The number of imidazole rings is 1. The molecule has 0 saturated carbocycles. The van der Waals surface area contributed by atoms with Gasteiger partial charge >= 0.3 is 0 Å². The Balaban J connectivity index is 1.83. The molecular formula is C19H18N4O2S. The van der Waals surface area contributed by atoms with Gasteiger partial charge in [-0.15, -0.1) is 11.3 Å². The van der Waals surface area contributed by atoms with E-state index in [1.807, 2.05) is 57.9 Å². The second-order valence-corrected chi connectivity index (χ2v) is 6.80. The Hall–Kier alpha value is -2.77. The molecule has 0 aliphatic rings. The lowest BCUT2D eigenvalue weighted by Crippen LogP contribution is -2.02. The third-order valence-corrected chi connectivity index (χ3v) is 5.05. The third-order valence-electron chi connectivity index (χ3n) is 4.28. The van der Waals surface area contributed by atoms with Crippen LogP contribution in [-0.2, 0) is 4.74 Å². The van der Waals surface area contributed by atoms with Crippen molar-refractivity contribution in [1.29, 1.82) is 0 Å². The van der Waals surface area contributed by atoms with Crippen LogP contribution in [-0.4, -0.2) is 38.4 Å². The number of Topliss-reactive ketones (excluding diaryl/α,β-unsaturated/α-hetero) is 1. The van der Waals surface area contributed by atoms with Gasteiger partial charge in [-0.05, 0) is 25.1 Å². The number of fused-ring (bicyclic) bond motifs is 1. The summed E-state index contributed by atoms with van der Waals surface area (Å²) in [5.41, 5.74) is 3.27. The largest absolute Gasteiger partial charge is 0.384 e. The first-order chi connectivity index (χ1) is 12.7. The van der Waals surface area contributed by atoms with Crippen LogP contribution < -0.4 is 0 Å². The van der Waals surface area contributed by atoms with Gasteiger partial charge in [-0.2, -0.15) is 0 Å².